The first-order chi connectivity index (χ1) is 10.7. The molecular weight excluding hydrogens is 278 g/mol. The molecule has 3 aromatic rings. The van der Waals surface area contributed by atoms with E-state index in [2.05, 4.69) is 10.3 Å². The molecule has 0 aliphatic carbocycles. The van der Waals surface area contributed by atoms with E-state index in [-0.39, 0.29) is 12.0 Å². The van der Waals surface area contributed by atoms with Gasteiger partial charge in [0.05, 0.1) is 18.0 Å². The number of fused-ring (bicyclic) bond motifs is 2. The summed E-state index contributed by atoms with van der Waals surface area (Å²) in [5.41, 5.74) is 3.42. The molecule has 0 spiro atoms. The molecule has 4 rings (SSSR count). The van der Waals surface area contributed by atoms with E-state index < -0.39 is 0 Å². The largest absolute Gasteiger partial charge is 0.490 e. The zero-order valence-electron chi connectivity index (χ0n) is 12.1. The molecule has 1 aromatic carbocycles. The van der Waals surface area contributed by atoms with Crippen LogP contribution in [0.1, 0.15) is 22.8 Å². The van der Waals surface area contributed by atoms with Gasteiger partial charge in [-0.05, 0) is 42.8 Å². The Labute approximate surface area is 127 Å². The summed E-state index contributed by atoms with van der Waals surface area (Å²) in [5, 5.41) is 2.94. The van der Waals surface area contributed by atoms with Gasteiger partial charge in [0.15, 0.2) is 0 Å². The fourth-order valence-corrected chi connectivity index (χ4v) is 2.76. The van der Waals surface area contributed by atoms with Crippen LogP contribution in [-0.2, 0) is 6.42 Å². The standard InChI is InChI=1S/C17H15N3O2/c1-11-6-13-7-14(2-3-16(13)22-11)19-17(21)12-4-5-20-10-18-9-15(20)8-12/h2-5,7-11H,6H2,1H3,(H,19,21). The van der Waals surface area contributed by atoms with E-state index in [0.717, 1.165) is 28.9 Å². The molecule has 3 heterocycles. The van der Waals surface area contributed by atoms with Crippen molar-refractivity contribution in [3.63, 3.8) is 0 Å². The maximum Gasteiger partial charge on any atom is 0.255 e. The van der Waals surface area contributed by atoms with Crippen LogP contribution in [0.4, 0.5) is 5.69 Å². The summed E-state index contributed by atoms with van der Waals surface area (Å²) in [5.74, 6) is 0.779. The van der Waals surface area contributed by atoms with Gasteiger partial charge in [-0.25, -0.2) is 4.98 Å². The van der Waals surface area contributed by atoms with Crippen molar-refractivity contribution in [2.24, 2.45) is 0 Å². The summed E-state index contributed by atoms with van der Waals surface area (Å²) >= 11 is 0. The fourth-order valence-electron chi connectivity index (χ4n) is 2.76. The fraction of sp³-hybridized carbons (Fsp3) is 0.176. The van der Waals surface area contributed by atoms with Crippen molar-refractivity contribution in [3.8, 4) is 5.75 Å². The molecule has 1 N–H and O–H groups in total. The normalized spacial score (nSPS) is 16.3. The first kappa shape index (κ1) is 12.9. The molecule has 0 saturated heterocycles. The Kier molecular flexibility index (Phi) is 2.85. The highest BCUT2D eigenvalue weighted by atomic mass is 16.5. The predicted octanol–water partition coefficient (Wildman–Crippen LogP) is 2.91. The van der Waals surface area contributed by atoms with Crippen molar-refractivity contribution < 1.29 is 9.53 Å². The number of hydrogen-bond donors (Lipinski definition) is 1. The van der Waals surface area contributed by atoms with Crippen LogP contribution in [0, 0.1) is 0 Å². The van der Waals surface area contributed by atoms with Crippen LogP contribution in [0.2, 0.25) is 0 Å². The van der Waals surface area contributed by atoms with E-state index in [0.29, 0.717) is 5.56 Å². The summed E-state index contributed by atoms with van der Waals surface area (Å²) < 4.78 is 7.53. The Morgan fingerprint density at radius 1 is 1.36 bits per heavy atom. The third-order valence-electron chi connectivity index (χ3n) is 3.83. The molecule has 5 heteroatoms. The second-order valence-electron chi connectivity index (χ2n) is 5.55. The molecule has 2 aromatic heterocycles. The molecule has 110 valence electrons. The smallest absolute Gasteiger partial charge is 0.255 e. The molecule has 1 aliphatic rings. The number of carbonyl (C=O) groups excluding carboxylic acids is 1. The molecular formula is C17H15N3O2. The topological polar surface area (TPSA) is 55.6 Å². The Morgan fingerprint density at radius 2 is 2.27 bits per heavy atom. The second-order valence-corrected chi connectivity index (χ2v) is 5.55. The summed E-state index contributed by atoms with van der Waals surface area (Å²) in [6.45, 7) is 2.04. The summed E-state index contributed by atoms with van der Waals surface area (Å²) in [7, 11) is 0. The molecule has 0 bridgehead atoms. The van der Waals surface area contributed by atoms with Crippen LogP contribution in [0.15, 0.2) is 49.1 Å². The van der Waals surface area contributed by atoms with E-state index in [4.69, 9.17) is 4.74 Å². The molecule has 1 aliphatic heterocycles. The van der Waals surface area contributed by atoms with Gasteiger partial charge in [-0.2, -0.15) is 0 Å². The SMILES string of the molecule is CC1Cc2cc(NC(=O)c3ccn4cncc4c3)ccc2O1. The number of aromatic nitrogens is 2. The summed E-state index contributed by atoms with van der Waals surface area (Å²) in [4.78, 5) is 16.4. The lowest BCUT2D eigenvalue weighted by Crippen LogP contribution is -2.12. The number of ether oxygens (including phenoxy) is 1. The second kappa shape index (κ2) is 4.87. The van der Waals surface area contributed by atoms with Gasteiger partial charge in [-0.3, -0.25) is 4.79 Å². The van der Waals surface area contributed by atoms with Crippen LogP contribution in [0.5, 0.6) is 5.75 Å². The predicted molar refractivity (Wildman–Crippen MR) is 83.4 cm³/mol. The van der Waals surface area contributed by atoms with Crippen LogP contribution < -0.4 is 10.1 Å². The molecule has 0 radical (unpaired) electrons. The zero-order valence-corrected chi connectivity index (χ0v) is 12.1. The monoisotopic (exact) mass is 293 g/mol. The zero-order chi connectivity index (χ0) is 15.1. The number of nitrogens with one attached hydrogen (secondary N) is 1. The Balaban J connectivity index is 1.58. The highest BCUT2D eigenvalue weighted by Gasteiger charge is 2.19. The number of anilines is 1. The number of nitrogens with zero attached hydrogens (tertiary/aromatic N) is 2. The van der Waals surface area contributed by atoms with Crippen molar-refractivity contribution in [3.05, 3.63) is 60.2 Å². The highest BCUT2D eigenvalue weighted by Crippen LogP contribution is 2.31. The summed E-state index contributed by atoms with van der Waals surface area (Å²) in [6.07, 6.45) is 6.34. The number of benzene rings is 1. The van der Waals surface area contributed by atoms with Crippen molar-refractivity contribution in [1.82, 2.24) is 9.38 Å². The van der Waals surface area contributed by atoms with Gasteiger partial charge < -0.3 is 14.5 Å². The first-order valence-corrected chi connectivity index (χ1v) is 7.22. The van der Waals surface area contributed by atoms with Crippen molar-refractivity contribution in [2.75, 3.05) is 5.32 Å². The van der Waals surface area contributed by atoms with Crippen LogP contribution in [0.25, 0.3) is 5.52 Å². The molecule has 0 saturated carbocycles. The van der Waals surface area contributed by atoms with Crippen molar-refractivity contribution >= 4 is 17.1 Å². The number of imidazole rings is 1. The lowest BCUT2D eigenvalue weighted by atomic mass is 10.1. The number of hydrogen-bond acceptors (Lipinski definition) is 3. The average molecular weight is 293 g/mol. The van der Waals surface area contributed by atoms with Crippen molar-refractivity contribution in [2.45, 2.75) is 19.4 Å². The van der Waals surface area contributed by atoms with Crippen LogP contribution in [-0.4, -0.2) is 21.4 Å². The van der Waals surface area contributed by atoms with Crippen LogP contribution in [0.3, 0.4) is 0 Å². The third-order valence-corrected chi connectivity index (χ3v) is 3.83. The van der Waals surface area contributed by atoms with E-state index in [1.54, 1.807) is 18.6 Å². The lowest BCUT2D eigenvalue weighted by molar-refractivity contribution is 0.102. The Morgan fingerprint density at radius 3 is 3.18 bits per heavy atom. The third kappa shape index (κ3) is 2.20. The molecule has 22 heavy (non-hydrogen) atoms. The molecule has 1 atom stereocenters. The van der Waals surface area contributed by atoms with Gasteiger partial charge in [0.2, 0.25) is 0 Å². The van der Waals surface area contributed by atoms with Gasteiger partial charge >= 0.3 is 0 Å². The van der Waals surface area contributed by atoms with Gasteiger partial charge in [0.25, 0.3) is 5.91 Å². The molecule has 1 amide bonds. The van der Waals surface area contributed by atoms with Gasteiger partial charge in [0, 0.05) is 23.9 Å². The highest BCUT2D eigenvalue weighted by molar-refractivity contribution is 6.04. The van der Waals surface area contributed by atoms with Gasteiger partial charge in [-0.1, -0.05) is 0 Å². The number of carbonyl (C=O) groups is 1. The van der Waals surface area contributed by atoms with E-state index in [9.17, 15) is 4.79 Å². The minimum absolute atomic E-state index is 0.129. The molecule has 0 fully saturated rings. The number of rotatable bonds is 2. The number of amides is 1. The van der Waals surface area contributed by atoms with E-state index in [1.165, 1.54) is 0 Å². The quantitative estimate of drug-likeness (QED) is 0.790. The van der Waals surface area contributed by atoms with Crippen LogP contribution >= 0.6 is 0 Å². The average Bonchev–Trinajstić information content (AvgIpc) is 3.10. The van der Waals surface area contributed by atoms with Crippen molar-refractivity contribution in [1.29, 1.82) is 0 Å². The summed E-state index contributed by atoms with van der Waals surface area (Å²) in [6, 6.07) is 9.36. The minimum Gasteiger partial charge on any atom is -0.490 e. The first-order valence-electron chi connectivity index (χ1n) is 7.22. The Bertz CT molecular complexity index is 869. The Hall–Kier alpha value is -2.82. The van der Waals surface area contributed by atoms with Gasteiger partial charge in [0.1, 0.15) is 11.9 Å². The minimum atomic E-state index is -0.129. The number of pyridine rings is 1. The van der Waals surface area contributed by atoms with Gasteiger partial charge in [-0.15, -0.1) is 0 Å². The maximum atomic E-state index is 12.4. The molecule has 5 nitrogen and oxygen atoms in total. The molecule has 1 unspecified atom stereocenters. The van der Waals surface area contributed by atoms with E-state index in [1.807, 2.05) is 41.8 Å². The lowest BCUT2D eigenvalue weighted by Gasteiger charge is -2.07. The van der Waals surface area contributed by atoms with E-state index >= 15 is 0 Å². The maximum absolute atomic E-state index is 12.4.